The molecule has 0 bridgehead atoms. The lowest BCUT2D eigenvalue weighted by atomic mass is 9.73. The van der Waals surface area contributed by atoms with E-state index in [1.54, 1.807) is 0 Å². The van der Waals surface area contributed by atoms with Crippen molar-refractivity contribution in [3.8, 4) is 5.75 Å². The van der Waals surface area contributed by atoms with Crippen LogP contribution in [0.1, 0.15) is 5.56 Å². The number of aliphatic hydroxyl groups is 9. The molecule has 5 unspecified atom stereocenters. The van der Waals surface area contributed by atoms with Crippen LogP contribution in [-0.2, 0) is 23.8 Å². The lowest BCUT2D eigenvalue weighted by Crippen LogP contribution is -2.68. The van der Waals surface area contributed by atoms with Crippen LogP contribution in [0.25, 0.3) is 6.08 Å². The Balaban J connectivity index is 1.64. The summed E-state index contributed by atoms with van der Waals surface area (Å²) in [7, 11) is 0. The Morgan fingerprint density at radius 1 is 0.857 bits per heavy atom. The van der Waals surface area contributed by atoms with Crippen LogP contribution in [0.3, 0.4) is 0 Å². The summed E-state index contributed by atoms with van der Waals surface area (Å²) in [6, 6.07) is 5.53. The van der Waals surface area contributed by atoms with E-state index in [0.29, 0.717) is 5.56 Å². The maximum atomic E-state index is 13.9. The lowest BCUT2D eigenvalue weighted by molar-refractivity contribution is -0.266. The van der Waals surface area contributed by atoms with Crippen LogP contribution in [0.15, 0.2) is 53.0 Å². The number of benzene rings is 1. The molecule has 228 valence electrons. The predicted molar refractivity (Wildman–Crippen MR) is 135 cm³/mol. The molecule has 0 amide bonds. The summed E-state index contributed by atoms with van der Waals surface area (Å²) < 4.78 is 16.7. The number of carbonyl (C=O) groups is 2. The Hall–Kier alpha value is -3.22. The molecule has 1 aromatic rings. The zero-order chi connectivity index (χ0) is 30.7. The van der Waals surface area contributed by atoms with Gasteiger partial charge in [0.25, 0.3) is 0 Å². The summed E-state index contributed by atoms with van der Waals surface area (Å²) in [5, 5.41) is 105. The summed E-state index contributed by atoms with van der Waals surface area (Å²) in [6.45, 7) is -1.73. The molecule has 15 heteroatoms. The van der Waals surface area contributed by atoms with Gasteiger partial charge in [-0.25, -0.2) is 0 Å². The topological polar surface area (TPSA) is 264 Å². The van der Waals surface area contributed by atoms with E-state index in [1.165, 1.54) is 30.3 Å². The van der Waals surface area contributed by atoms with Crippen molar-refractivity contribution in [2.24, 2.45) is 0 Å². The van der Waals surface area contributed by atoms with Crippen LogP contribution in [0.2, 0.25) is 0 Å². The number of ether oxygens (including phenoxy) is 3. The van der Waals surface area contributed by atoms with E-state index in [9.17, 15) is 60.7 Å². The molecule has 2 saturated heterocycles. The summed E-state index contributed by atoms with van der Waals surface area (Å²) in [5.41, 5.74) is -4.38. The molecule has 1 aromatic carbocycles. The third-order valence-electron chi connectivity index (χ3n) is 7.93. The Labute approximate surface area is 237 Å². The van der Waals surface area contributed by atoms with Crippen molar-refractivity contribution in [3.05, 3.63) is 58.6 Å². The van der Waals surface area contributed by atoms with Crippen molar-refractivity contribution in [2.45, 2.75) is 66.6 Å². The van der Waals surface area contributed by atoms with Crippen LogP contribution in [0.5, 0.6) is 5.75 Å². The number of fused-ring (bicyclic) bond motifs is 2. The fourth-order valence-electron chi connectivity index (χ4n) is 5.63. The van der Waals surface area contributed by atoms with E-state index in [1.807, 2.05) is 0 Å². The highest BCUT2D eigenvalue weighted by atomic mass is 16.6. The Kier molecular flexibility index (Phi) is 8.01. The van der Waals surface area contributed by atoms with Gasteiger partial charge in [-0.05, 0) is 23.8 Å². The zero-order valence-corrected chi connectivity index (χ0v) is 21.7. The summed E-state index contributed by atoms with van der Waals surface area (Å²) in [5.74, 6) is -4.64. The van der Waals surface area contributed by atoms with E-state index >= 15 is 0 Å². The predicted octanol–water partition coefficient (Wildman–Crippen LogP) is -3.92. The molecule has 11 atom stereocenters. The first-order valence-corrected chi connectivity index (χ1v) is 12.9. The molecule has 2 fully saturated rings. The number of aliphatic hydroxyl groups excluding tert-OH is 8. The third-order valence-corrected chi connectivity index (χ3v) is 7.93. The number of carbonyl (C=O) groups excluding carboxylic acids is 2. The van der Waals surface area contributed by atoms with Crippen molar-refractivity contribution < 1.29 is 74.9 Å². The number of aromatic hydroxyl groups is 1. The second-order valence-corrected chi connectivity index (χ2v) is 10.4. The average Bonchev–Trinajstić information content (AvgIpc) is 3.37. The van der Waals surface area contributed by atoms with Gasteiger partial charge in [0.15, 0.2) is 11.9 Å². The van der Waals surface area contributed by atoms with Crippen LogP contribution < -0.4 is 0 Å². The third kappa shape index (κ3) is 4.55. The molecule has 0 aromatic heterocycles. The first kappa shape index (κ1) is 30.2. The van der Waals surface area contributed by atoms with E-state index < -0.39 is 114 Å². The molecule has 42 heavy (non-hydrogen) atoms. The maximum Gasteiger partial charge on any atom is 0.214 e. The van der Waals surface area contributed by atoms with Crippen LogP contribution >= 0.6 is 0 Å². The number of phenolic OH excluding ortho intramolecular Hbond substituents is 1. The minimum Gasteiger partial charge on any atom is -0.508 e. The number of Topliss-reactive ketones (excluding diaryl/α,β-unsaturated/α-hetero) is 1. The van der Waals surface area contributed by atoms with Gasteiger partial charge in [-0.15, -0.1) is 0 Å². The monoisotopic (exact) mass is 594 g/mol. The number of phenols is 1. The van der Waals surface area contributed by atoms with E-state index in [2.05, 4.69) is 0 Å². The standard InChI is InChI=1S/C27H30O15/c28-7-12-17(33)20(36)23-22(40-12)15-18(34)14(11(31)6-3-9-1-4-10(30)5-2-9)24(38)27(39,25(15)42-23)26-21(37)19(35)16(32)13(8-29)41-26/h1-6,12-13,16-17,19-23,26,28-30,32-37,39H,7-8H2/b6-3+/t12?,13-,16-,17?,19+,20?,21-,22?,23?,26-,27-/m1/s1. The molecule has 3 aliphatic heterocycles. The fourth-order valence-corrected chi connectivity index (χ4v) is 5.63. The lowest BCUT2D eigenvalue weighted by Gasteiger charge is -2.47. The number of allylic oxidation sites excluding steroid dienone is 1. The second kappa shape index (κ2) is 11.1. The smallest absolute Gasteiger partial charge is 0.214 e. The Bertz CT molecular complexity index is 1330. The van der Waals surface area contributed by atoms with Crippen molar-refractivity contribution in [1.82, 2.24) is 0 Å². The Morgan fingerprint density at radius 2 is 1.45 bits per heavy atom. The largest absolute Gasteiger partial charge is 0.508 e. The van der Waals surface area contributed by atoms with E-state index in [-0.39, 0.29) is 5.75 Å². The number of hydrogen-bond donors (Lipinski definition) is 10. The summed E-state index contributed by atoms with van der Waals surface area (Å²) in [6.07, 6.45) is -16.0. The molecule has 5 rings (SSSR count). The second-order valence-electron chi connectivity index (χ2n) is 10.4. The molecular formula is C27H30O15. The molecule has 10 N–H and O–H groups in total. The highest BCUT2D eigenvalue weighted by Gasteiger charge is 2.67. The SMILES string of the molecule is O=C(/C=C/c1ccc(O)cc1)C1=C(O)C2=C(OC3C2OC(CO)C(O)C3O)[C@@](O)([C@@H]2O[C@H](CO)[C@@H](O)[C@H](O)[C@H]2O)C1=O. The molecule has 3 heterocycles. The van der Waals surface area contributed by atoms with Crippen LogP contribution in [-0.4, -0.2) is 142 Å². The van der Waals surface area contributed by atoms with Crippen LogP contribution in [0, 0.1) is 0 Å². The van der Waals surface area contributed by atoms with Gasteiger partial charge in [-0.3, -0.25) is 9.59 Å². The van der Waals surface area contributed by atoms with Gasteiger partial charge < -0.3 is 65.3 Å². The van der Waals surface area contributed by atoms with E-state index in [4.69, 9.17) is 14.2 Å². The van der Waals surface area contributed by atoms with Gasteiger partial charge in [0.1, 0.15) is 77.8 Å². The van der Waals surface area contributed by atoms with Gasteiger partial charge in [-0.1, -0.05) is 18.2 Å². The molecular weight excluding hydrogens is 564 g/mol. The zero-order valence-electron chi connectivity index (χ0n) is 21.7. The minimum atomic E-state index is -3.22. The van der Waals surface area contributed by atoms with Gasteiger partial charge in [0, 0.05) is 0 Å². The number of rotatable bonds is 6. The quantitative estimate of drug-likeness (QED) is 0.111. The minimum absolute atomic E-state index is 0.0536. The molecule has 0 radical (unpaired) electrons. The first-order chi connectivity index (χ1) is 19.9. The van der Waals surface area contributed by atoms with E-state index in [0.717, 1.165) is 6.08 Å². The van der Waals surface area contributed by atoms with Crippen molar-refractivity contribution in [2.75, 3.05) is 13.2 Å². The highest BCUT2D eigenvalue weighted by Crippen LogP contribution is 2.50. The maximum absolute atomic E-state index is 13.9. The molecule has 0 spiro atoms. The number of hydrogen-bond acceptors (Lipinski definition) is 15. The molecule has 4 aliphatic rings. The van der Waals surface area contributed by atoms with Crippen molar-refractivity contribution in [1.29, 1.82) is 0 Å². The van der Waals surface area contributed by atoms with Crippen molar-refractivity contribution >= 4 is 17.6 Å². The molecule has 1 aliphatic carbocycles. The summed E-state index contributed by atoms with van der Waals surface area (Å²) >= 11 is 0. The van der Waals surface area contributed by atoms with Crippen molar-refractivity contribution in [3.63, 3.8) is 0 Å². The van der Waals surface area contributed by atoms with Gasteiger partial charge in [-0.2, -0.15) is 0 Å². The van der Waals surface area contributed by atoms with Gasteiger partial charge in [0.2, 0.25) is 11.4 Å². The van der Waals surface area contributed by atoms with Gasteiger partial charge >= 0.3 is 0 Å². The normalized spacial score (nSPS) is 40.2. The average molecular weight is 595 g/mol. The highest BCUT2D eigenvalue weighted by molar-refractivity contribution is 6.29. The Morgan fingerprint density at radius 3 is 2.07 bits per heavy atom. The fraction of sp³-hybridized carbons (Fsp3) is 0.481. The van der Waals surface area contributed by atoms with Gasteiger partial charge in [0.05, 0.1) is 18.8 Å². The molecule has 15 nitrogen and oxygen atoms in total. The first-order valence-electron chi connectivity index (χ1n) is 12.9. The summed E-state index contributed by atoms with van der Waals surface area (Å²) in [4.78, 5) is 27.3. The molecule has 0 saturated carbocycles. The van der Waals surface area contributed by atoms with Crippen LogP contribution in [0.4, 0.5) is 0 Å². The number of ketones is 2.